The Morgan fingerprint density at radius 3 is 1.14 bits per heavy atom. The molecule has 0 aromatic rings. The fourth-order valence-corrected chi connectivity index (χ4v) is 4.99. The average molecular weight is 715 g/mol. The summed E-state index contributed by atoms with van der Waals surface area (Å²) in [6.45, 7) is 8.51. The molecule has 0 aliphatic rings. The lowest BCUT2D eigenvalue weighted by Gasteiger charge is -2.34. The number of carbonyl (C=O) groups is 5. The van der Waals surface area contributed by atoms with Crippen molar-refractivity contribution in [3.63, 3.8) is 0 Å². The summed E-state index contributed by atoms with van der Waals surface area (Å²) in [5, 5.41) is 20.5. The third-order valence-electron chi connectivity index (χ3n) is 8.06. The largest absolute Gasteiger partial charge is 0.481 e. The SMILES string of the molecule is CCCCNC(=O)CCOCC(COCCC(=O)NCCCC)(COCCC(=O)NCCCC)NC(=O)CCCCCCCCCCC(=O)O. The predicted molar refractivity (Wildman–Crippen MR) is 195 cm³/mol. The first-order chi connectivity index (χ1) is 24.2. The van der Waals surface area contributed by atoms with Gasteiger partial charge in [-0.05, 0) is 32.1 Å². The van der Waals surface area contributed by atoms with E-state index in [2.05, 4.69) is 42.0 Å². The summed E-state index contributed by atoms with van der Waals surface area (Å²) in [5.74, 6) is -1.25. The number of unbranched alkanes of at least 4 members (excludes halogenated alkanes) is 10. The van der Waals surface area contributed by atoms with Gasteiger partial charge in [-0.25, -0.2) is 0 Å². The highest BCUT2D eigenvalue weighted by Gasteiger charge is 2.34. The molecule has 13 nitrogen and oxygen atoms in total. The molecular formula is C37H70N4O9. The van der Waals surface area contributed by atoms with Crippen molar-refractivity contribution in [2.45, 2.75) is 148 Å². The Balaban J connectivity index is 5.28. The van der Waals surface area contributed by atoms with Crippen molar-refractivity contribution in [1.82, 2.24) is 21.3 Å². The summed E-state index contributed by atoms with van der Waals surface area (Å²) < 4.78 is 17.8. The van der Waals surface area contributed by atoms with Crippen LogP contribution < -0.4 is 21.3 Å². The Bertz CT molecular complexity index is 830. The Labute approximate surface area is 301 Å². The number of rotatable bonds is 36. The van der Waals surface area contributed by atoms with E-state index >= 15 is 0 Å². The van der Waals surface area contributed by atoms with Crippen LogP contribution in [-0.2, 0) is 38.2 Å². The zero-order valence-electron chi connectivity index (χ0n) is 31.5. The van der Waals surface area contributed by atoms with Crippen LogP contribution in [-0.4, -0.2) is 99.5 Å². The fourth-order valence-electron chi connectivity index (χ4n) is 4.99. The number of carboxylic acids is 1. The minimum absolute atomic E-state index is 0.0221. The van der Waals surface area contributed by atoms with Gasteiger partial charge in [0, 0.05) is 51.7 Å². The summed E-state index contributed by atoms with van der Waals surface area (Å²) in [6.07, 6.45) is 14.0. The van der Waals surface area contributed by atoms with Crippen molar-refractivity contribution in [3.8, 4) is 0 Å². The maximum atomic E-state index is 13.3. The quantitative estimate of drug-likeness (QED) is 0.0570. The molecule has 0 bridgehead atoms. The van der Waals surface area contributed by atoms with Crippen LogP contribution in [0.5, 0.6) is 0 Å². The second kappa shape index (κ2) is 33.4. The minimum atomic E-state index is -1.09. The van der Waals surface area contributed by atoms with Gasteiger partial charge in [0.15, 0.2) is 0 Å². The molecule has 0 rings (SSSR count). The molecule has 0 atom stereocenters. The topological polar surface area (TPSA) is 181 Å². The molecule has 0 unspecified atom stereocenters. The van der Waals surface area contributed by atoms with Crippen LogP contribution >= 0.6 is 0 Å². The molecule has 5 N–H and O–H groups in total. The van der Waals surface area contributed by atoms with E-state index < -0.39 is 11.5 Å². The summed E-state index contributed by atoms with van der Waals surface area (Å²) in [5.41, 5.74) is -1.09. The molecule has 0 aliphatic heterocycles. The maximum Gasteiger partial charge on any atom is 0.303 e. The van der Waals surface area contributed by atoms with Crippen LogP contribution in [0.1, 0.15) is 143 Å². The monoisotopic (exact) mass is 715 g/mol. The number of nitrogens with one attached hydrogen (secondary N) is 4. The van der Waals surface area contributed by atoms with Crippen LogP contribution in [0, 0.1) is 0 Å². The van der Waals surface area contributed by atoms with Crippen molar-refractivity contribution in [3.05, 3.63) is 0 Å². The summed E-state index contributed by atoms with van der Waals surface area (Å²) in [7, 11) is 0. The van der Waals surface area contributed by atoms with Crippen molar-refractivity contribution in [2.24, 2.45) is 0 Å². The van der Waals surface area contributed by atoms with Crippen molar-refractivity contribution in [1.29, 1.82) is 0 Å². The van der Waals surface area contributed by atoms with Gasteiger partial charge >= 0.3 is 5.97 Å². The molecule has 0 saturated heterocycles. The second-order valence-electron chi connectivity index (χ2n) is 13.1. The summed E-state index contributed by atoms with van der Waals surface area (Å²) in [6, 6.07) is 0. The van der Waals surface area contributed by atoms with E-state index in [4.69, 9.17) is 19.3 Å². The molecule has 0 aromatic carbocycles. The van der Waals surface area contributed by atoms with E-state index in [-0.39, 0.29) is 89.0 Å². The van der Waals surface area contributed by atoms with Gasteiger partial charge in [0.2, 0.25) is 23.6 Å². The third-order valence-corrected chi connectivity index (χ3v) is 8.06. The number of aliphatic carboxylic acids is 1. The number of ether oxygens (including phenoxy) is 3. The maximum absolute atomic E-state index is 13.3. The first-order valence-electron chi connectivity index (χ1n) is 19.2. The van der Waals surface area contributed by atoms with Crippen LogP contribution in [0.4, 0.5) is 0 Å². The number of carbonyl (C=O) groups excluding carboxylic acids is 4. The number of amides is 4. The van der Waals surface area contributed by atoms with Gasteiger partial charge < -0.3 is 40.6 Å². The standard InChI is InChI=1S/C37H70N4O9/c1-4-7-23-38-32(42)20-26-48-29-37(30-49-27-21-33(43)39-24-8-5-2,31-50-28-22-34(44)40-25-9-6-3)41-35(45)18-16-14-12-10-11-13-15-17-19-36(46)47/h4-31H2,1-3H3,(H,38,42)(H,39,43)(H,40,44)(H,41,45)(H,46,47). The van der Waals surface area contributed by atoms with E-state index in [0.29, 0.717) is 38.9 Å². The molecule has 0 saturated carbocycles. The molecule has 292 valence electrons. The summed E-state index contributed by atoms with van der Waals surface area (Å²) in [4.78, 5) is 60.6. The number of hydrogen-bond acceptors (Lipinski definition) is 8. The lowest BCUT2D eigenvalue weighted by atomic mass is 10.0. The van der Waals surface area contributed by atoms with Gasteiger partial charge in [-0.1, -0.05) is 78.6 Å². The van der Waals surface area contributed by atoms with Gasteiger partial charge in [0.1, 0.15) is 5.54 Å². The van der Waals surface area contributed by atoms with E-state index in [1.54, 1.807) is 0 Å². The highest BCUT2D eigenvalue weighted by molar-refractivity contribution is 5.77. The van der Waals surface area contributed by atoms with Crippen LogP contribution in [0.2, 0.25) is 0 Å². The highest BCUT2D eigenvalue weighted by Crippen LogP contribution is 2.14. The van der Waals surface area contributed by atoms with E-state index in [1.165, 1.54) is 0 Å². The average Bonchev–Trinajstić information content (AvgIpc) is 3.08. The molecule has 13 heteroatoms. The molecule has 0 fully saturated rings. The Morgan fingerprint density at radius 1 is 0.460 bits per heavy atom. The van der Waals surface area contributed by atoms with Gasteiger partial charge in [-0.3, -0.25) is 24.0 Å². The van der Waals surface area contributed by atoms with Crippen molar-refractivity contribution < 1.29 is 43.3 Å². The lowest BCUT2D eigenvalue weighted by molar-refractivity contribution is -0.137. The molecule has 50 heavy (non-hydrogen) atoms. The van der Waals surface area contributed by atoms with Gasteiger partial charge in [-0.15, -0.1) is 0 Å². The van der Waals surface area contributed by atoms with E-state index in [9.17, 15) is 24.0 Å². The highest BCUT2D eigenvalue weighted by atomic mass is 16.5. The molecular weight excluding hydrogens is 644 g/mol. The molecule has 0 radical (unpaired) electrons. The van der Waals surface area contributed by atoms with Crippen molar-refractivity contribution >= 4 is 29.6 Å². The van der Waals surface area contributed by atoms with Gasteiger partial charge in [-0.2, -0.15) is 0 Å². The van der Waals surface area contributed by atoms with Gasteiger partial charge in [0.25, 0.3) is 0 Å². The van der Waals surface area contributed by atoms with Crippen LogP contribution in [0.25, 0.3) is 0 Å². The zero-order valence-corrected chi connectivity index (χ0v) is 31.5. The fraction of sp³-hybridized carbons (Fsp3) is 0.865. The first-order valence-corrected chi connectivity index (χ1v) is 19.2. The Hall–Kier alpha value is -2.77. The van der Waals surface area contributed by atoms with Crippen LogP contribution in [0.15, 0.2) is 0 Å². The molecule has 0 spiro atoms. The number of hydrogen-bond donors (Lipinski definition) is 5. The lowest BCUT2D eigenvalue weighted by Crippen LogP contribution is -2.58. The normalized spacial score (nSPS) is 11.3. The van der Waals surface area contributed by atoms with E-state index in [0.717, 1.165) is 77.0 Å². The minimum Gasteiger partial charge on any atom is -0.481 e. The first kappa shape index (κ1) is 47.2. The Morgan fingerprint density at radius 2 is 0.800 bits per heavy atom. The molecule has 4 amide bonds. The predicted octanol–water partition coefficient (Wildman–Crippen LogP) is 4.80. The zero-order chi connectivity index (χ0) is 37.1. The molecule has 0 aliphatic carbocycles. The van der Waals surface area contributed by atoms with E-state index in [1.807, 2.05) is 0 Å². The smallest absolute Gasteiger partial charge is 0.303 e. The second-order valence-corrected chi connectivity index (χ2v) is 13.1. The van der Waals surface area contributed by atoms with Gasteiger partial charge in [0.05, 0.1) is 39.6 Å². The third kappa shape index (κ3) is 30.1. The molecule has 0 heterocycles. The Kier molecular flexibility index (Phi) is 31.5. The molecule has 0 aromatic heterocycles. The summed E-state index contributed by atoms with van der Waals surface area (Å²) >= 11 is 0. The number of carboxylic acid groups (broad SMARTS) is 1. The van der Waals surface area contributed by atoms with Crippen molar-refractivity contribution in [2.75, 3.05) is 59.3 Å². The van der Waals surface area contributed by atoms with Crippen LogP contribution in [0.3, 0.4) is 0 Å².